The first-order chi connectivity index (χ1) is 15.6. The molecule has 5 nitrogen and oxygen atoms in total. The highest BCUT2D eigenvalue weighted by Gasteiger charge is 2.45. The number of alkyl halides is 3. The van der Waals surface area contributed by atoms with Crippen LogP contribution in [-0.2, 0) is 0 Å². The van der Waals surface area contributed by atoms with Gasteiger partial charge in [0.25, 0.3) is 0 Å². The number of halogens is 5. The average molecular weight is 513 g/mol. The summed E-state index contributed by atoms with van der Waals surface area (Å²) in [5.41, 5.74) is 5.78. The van der Waals surface area contributed by atoms with E-state index in [2.05, 4.69) is 4.98 Å². The summed E-state index contributed by atoms with van der Waals surface area (Å²) in [7, 11) is 0. The predicted octanol–water partition coefficient (Wildman–Crippen LogP) is 7.41. The Morgan fingerprint density at radius 1 is 1.03 bits per heavy atom. The Labute approximate surface area is 199 Å². The van der Waals surface area contributed by atoms with Crippen molar-refractivity contribution in [3.63, 3.8) is 0 Å². The number of thiazole rings is 1. The van der Waals surface area contributed by atoms with Gasteiger partial charge in [-0.1, -0.05) is 41.4 Å². The quantitative estimate of drug-likeness (QED) is 0.302. The second kappa shape index (κ2) is 9.09. The van der Waals surface area contributed by atoms with Gasteiger partial charge >= 0.3 is 12.3 Å². The van der Waals surface area contributed by atoms with Crippen LogP contribution in [0.1, 0.15) is 11.7 Å². The zero-order chi connectivity index (χ0) is 23.8. The van der Waals surface area contributed by atoms with Crippen molar-refractivity contribution in [3.8, 4) is 22.1 Å². The van der Waals surface area contributed by atoms with E-state index >= 15 is 0 Å². The second-order valence-corrected chi connectivity index (χ2v) is 8.59. The van der Waals surface area contributed by atoms with Crippen LogP contribution < -0.4 is 15.2 Å². The van der Waals surface area contributed by atoms with Crippen molar-refractivity contribution in [2.45, 2.75) is 12.3 Å². The van der Waals surface area contributed by atoms with Crippen molar-refractivity contribution in [3.05, 3.63) is 76.3 Å². The Morgan fingerprint density at radius 2 is 1.73 bits per heavy atom. The number of nitrogens with two attached hydrogens (primary N) is 1. The monoisotopic (exact) mass is 512 g/mol. The number of rotatable bonds is 5. The number of primary amides is 1. The van der Waals surface area contributed by atoms with Crippen LogP contribution in [0.3, 0.4) is 0 Å². The van der Waals surface area contributed by atoms with Crippen LogP contribution >= 0.6 is 34.5 Å². The summed E-state index contributed by atoms with van der Waals surface area (Å²) in [6.45, 7) is 0. The van der Waals surface area contributed by atoms with Gasteiger partial charge in [0.05, 0.1) is 15.8 Å². The Bertz CT molecular complexity index is 1320. The van der Waals surface area contributed by atoms with Crippen LogP contribution in [0.25, 0.3) is 20.8 Å². The fourth-order valence-electron chi connectivity index (χ4n) is 3.12. The van der Waals surface area contributed by atoms with Crippen LogP contribution in [-0.4, -0.2) is 17.3 Å². The van der Waals surface area contributed by atoms with Crippen molar-refractivity contribution in [1.82, 2.24) is 4.98 Å². The molecular weight excluding hydrogens is 500 g/mol. The van der Waals surface area contributed by atoms with E-state index in [9.17, 15) is 18.0 Å². The first-order valence-corrected chi connectivity index (χ1v) is 10.9. The highest BCUT2D eigenvalue weighted by atomic mass is 35.5. The molecule has 11 heteroatoms. The Kier molecular flexibility index (Phi) is 6.38. The number of nitrogens with zero attached hydrogens (tertiary/aromatic N) is 1. The molecule has 0 aliphatic carbocycles. The zero-order valence-electron chi connectivity index (χ0n) is 16.4. The first kappa shape index (κ1) is 23.2. The van der Waals surface area contributed by atoms with Crippen molar-refractivity contribution in [2.24, 2.45) is 5.73 Å². The van der Waals surface area contributed by atoms with E-state index in [4.69, 9.17) is 38.4 Å². The number of benzene rings is 3. The molecule has 1 aromatic heterocycles. The maximum Gasteiger partial charge on any atom is 0.429 e. The summed E-state index contributed by atoms with van der Waals surface area (Å²) < 4.78 is 52.4. The summed E-state index contributed by atoms with van der Waals surface area (Å²) in [6.07, 6.45) is -8.11. The SMILES string of the molecule is NC(=O)Oc1ccccc1-c1nc2ccc(OC(c3c(Cl)cccc3Cl)C(F)(F)F)cc2s1. The van der Waals surface area contributed by atoms with Crippen molar-refractivity contribution in [1.29, 1.82) is 0 Å². The molecule has 0 bridgehead atoms. The topological polar surface area (TPSA) is 74.4 Å². The minimum atomic E-state index is -4.77. The maximum absolute atomic E-state index is 13.8. The molecule has 4 aromatic rings. The molecule has 4 rings (SSSR count). The fourth-order valence-corrected chi connectivity index (χ4v) is 4.74. The molecule has 2 N–H and O–H groups in total. The van der Waals surface area contributed by atoms with Crippen LogP contribution in [0.2, 0.25) is 10.0 Å². The summed E-state index contributed by atoms with van der Waals surface area (Å²) in [4.78, 5) is 15.6. The first-order valence-electron chi connectivity index (χ1n) is 9.28. The van der Waals surface area contributed by atoms with Gasteiger partial charge in [-0.25, -0.2) is 9.78 Å². The van der Waals surface area contributed by atoms with Crippen LogP contribution in [0.15, 0.2) is 60.7 Å². The Hall–Kier alpha value is -3.01. The molecule has 1 unspecified atom stereocenters. The van der Waals surface area contributed by atoms with Crippen LogP contribution in [0.5, 0.6) is 11.5 Å². The van der Waals surface area contributed by atoms with Crippen molar-refractivity contribution >= 4 is 50.8 Å². The number of carbonyl (C=O) groups is 1. The van der Waals surface area contributed by atoms with E-state index in [1.807, 2.05) is 0 Å². The van der Waals surface area contributed by atoms with Crippen LogP contribution in [0, 0.1) is 0 Å². The van der Waals surface area contributed by atoms with E-state index in [0.717, 1.165) is 0 Å². The van der Waals surface area contributed by atoms with Gasteiger partial charge in [0.15, 0.2) is 0 Å². The summed E-state index contributed by atoms with van der Waals surface area (Å²) >= 11 is 13.2. The van der Waals surface area contributed by atoms with Gasteiger partial charge in [-0.3, -0.25) is 0 Å². The lowest BCUT2D eigenvalue weighted by Gasteiger charge is -2.24. The molecule has 170 valence electrons. The molecule has 0 radical (unpaired) electrons. The molecule has 1 heterocycles. The lowest BCUT2D eigenvalue weighted by molar-refractivity contribution is -0.197. The minimum absolute atomic E-state index is 0.0438. The van der Waals surface area contributed by atoms with Crippen LogP contribution in [0.4, 0.5) is 18.0 Å². The Morgan fingerprint density at radius 3 is 2.39 bits per heavy atom. The number of ether oxygens (including phenoxy) is 2. The summed E-state index contributed by atoms with van der Waals surface area (Å²) in [5.74, 6) is 0.170. The van der Waals surface area contributed by atoms with Gasteiger partial charge in [0.1, 0.15) is 16.5 Å². The smallest absolute Gasteiger partial charge is 0.429 e. The standard InChI is InChI=1S/C22H13Cl2F3N2O3S/c23-13-5-3-6-14(24)18(13)19(22(25,26)27)31-11-8-9-15-17(10-11)33-20(29-15)12-4-1-2-7-16(12)32-21(28)30/h1-10,19H,(H2,28,30). The molecule has 0 spiro atoms. The number of fused-ring (bicyclic) bond motifs is 1. The second-order valence-electron chi connectivity index (χ2n) is 6.74. The van der Waals surface area contributed by atoms with E-state index in [1.165, 1.54) is 47.7 Å². The molecule has 1 atom stereocenters. The Balaban J connectivity index is 1.71. The number of amides is 1. The van der Waals surface area contributed by atoms with E-state index in [0.29, 0.717) is 20.8 Å². The van der Waals surface area contributed by atoms with E-state index in [1.54, 1.807) is 24.3 Å². The molecule has 33 heavy (non-hydrogen) atoms. The molecule has 1 amide bonds. The van der Waals surface area contributed by atoms with Crippen molar-refractivity contribution < 1.29 is 27.4 Å². The van der Waals surface area contributed by atoms with Gasteiger partial charge in [-0.2, -0.15) is 13.2 Å². The third kappa shape index (κ3) is 5.00. The fraction of sp³-hybridized carbons (Fsp3) is 0.0909. The normalized spacial score (nSPS) is 12.5. The highest BCUT2D eigenvalue weighted by Crippen LogP contribution is 2.44. The number of aromatic nitrogens is 1. The molecular formula is C22H13Cl2F3N2O3S. The lowest BCUT2D eigenvalue weighted by atomic mass is 10.1. The molecule has 0 aliphatic rings. The molecule has 0 fully saturated rings. The number of hydrogen-bond donors (Lipinski definition) is 1. The zero-order valence-corrected chi connectivity index (χ0v) is 18.7. The van der Waals surface area contributed by atoms with Gasteiger partial charge in [-0.05, 0) is 42.5 Å². The highest BCUT2D eigenvalue weighted by molar-refractivity contribution is 7.21. The average Bonchev–Trinajstić information content (AvgIpc) is 3.15. The molecule has 0 saturated carbocycles. The summed E-state index contributed by atoms with van der Waals surface area (Å²) in [6, 6.07) is 15.1. The van der Waals surface area contributed by atoms with Gasteiger partial charge in [0.2, 0.25) is 6.10 Å². The molecule has 3 aromatic carbocycles. The predicted molar refractivity (Wildman–Crippen MR) is 121 cm³/mol. The lowest BCUT2D eigenvalue weighted by Crippen LogP contribution is -2.26. The van der Waals surface area contributed by atoms with Gasteiger partial charge < -0.3 is 15.2 Å². The third-order valence-corrected chi connectivity index (χ3v) is 6.21. The summed E-state index contributed by atoms with van der Waals surface area (Å²) in [5, 5.41) is 0.176. The molecule has 0 aliphatic heterocycles. The largest absolute Gasteiger partial charge is 0.476 e. The van der Waals surface area contributed by atoms with Gasteiger partial charge in [-0.15, -0.1) is 11.3 Å². The third-order valence-electron chi connectivity index (χ3n) is 4.50. The number of carbonyl (C=O) groups excluding carboxylic acids is 1. The minimum Gasteiger partial charge on any atom is -0.476 e. The number of hydrogen-bond acceptors (Lipinski definition) is 5. The van der Waals surface area contributed by atoms with Gasteiger partial charge in [0, 0.05) is 15.6 Å². The van der Waals surface area contributed by atoms with E-state index in [-0.39, 0.29) is 27.1 Å². The molecule has 0 saturated heterocycles. The number of para-hydroxylation sites is 1. The maximum atomic E-state index is 13.8. The van der Waals surface area contributed by atoms with Crippen molar-refractivity contribution in [2.75, 3.05) is 0 Å². The van der Waals surface area contributed by atoms with E-state index < -0.39 is 18.4 Å².